The lowest BCUT2D eigenvalue weighted by Gasteiger charge is -2.42. The van der Waals surface area contributed by atoms with Gasteiger partial charge in [0.15, 0.2) is 0 Å². The van der Waals surface area contributed by atoms with Gasteiger partial charge in [0, 0.05) is 6.04 Å². The number of hydrogen-bond acceptors (Lipinski definition) is 2. The highest BCUT2D eigenvalue weighted by Crippen LogP contribution is 2.20. The van der Waals surface area contributed by atoms with Gasteiger partial charge in [-0.25, -0.2) is 0 Å². The molecular formula is C14H24N2O2. The van der Waals surface area contributed by atoms with Crippen LogP contribution >= 0.6 is 0 Å². The summed E-state index contributed by atoms with van der Waals surface area (Å²) in [5, 5.41) is 2.84. The van der Waals surface area contributed by atoms with Gasteiger partial charge in [-0.1, -0.05) is 26.3 Å². The number of nitrogens with one attached hydrogen (secondary N) is 1. The first-order valence-corrected chi connectivity index (χ1v) is 6.80. The molecule has 0 radical (unpaired) electrons. The van der Waals surface area contributed by atoms with E-state index in [4.69, 9.17) is 0 Å². The topological polar surface area (TPSA) is 49.4 Å². The minimum atomic E-state index is -0.349. The second-order valence-electron chi connectivity index (χ2n) is 4.89. The summed E-state index contributed by atoms with van der Waals surface area (Å²) in [7, 11) is 0. The van der Waals surface area contributed by atoms with E-state index >= 15 is 0 Å². The molecule has 0 aromatic rings. The van der Waals surface area contributed by atoms with Crippen molar-refractivity contribution in [3.8, 4) is 0 Å². The summed E-state index contributed by atoms with van der Waals surface area (Å²) in [5.74, 6) is 0.0316. The van der Waals surface area contributed by atoms with E-state index in [0.29, 0.717) is 19.3 Å². The minimum absolute atomic E-state index is 0.0218. The summed E-state index contributed by atoms with van der Waals surface area (Å²) in [6, 6.07) is -0.650. The molecule has 1 saturated heterocycles. The van der Waals surface area contributed by atoms with E-state index in [9.17, 15) is 9.59 Å². The first-order valence-electron chi connectivity index (χ1n) is 6.80. The number of rotatable bonds is 6. The van der Waals surface area contributed by atoms with Crippen LogP contribution in [-0.2, 0) is 9.59 Å². The van der Waals surface area contributed by atoms with Crippen LogP contribution in [-0.4, -0.2) is 34.8 Å². The van der Waals surface area contributed by atoms with Gasteiger partial charge in [0.05, 0.1) is 0 Å². The summed E-state index contributed by atoms with van der Waals surface area (Å²) < 4.78 is 0. The zero-order valence-corrected chi connectivity index (χ0v) is 11.6. The second kappa shape index (κ2) is 6.57. The van der Waals surface area contributed by atoms with E-state index in [1.54, 1.807) is 11.0 Å². The molecule has 1 rings (SSSR count). The Morgan fingerprint density at radius 1 is 1.44 bits per heavy atom. The fraction of sp³-hybridized carbons (Fsp3) is 0.714. The number of amides is 2. The van der Waals surface area contributed by atoms with Crippen LogP contribution in [0.4, 0.5) is 0 Å². The van der Waals surface area contributed by atoms with E-state index in [2.05, 4.69) is 11.9 Å². The highest BCUT2D eigenvalue weighted by molar-refractivity contribution is 5.97. The lowest BCUT2D eigenvalue weighted by Crippen LogP contribution is -2.65. The number of carbonyl (C=O) groups is 2. The smallest absolute Gasteiger partial charge is 0.246 e. The third-order valence-electron chi connectivity index (χ3n) is 3.45. The summed E-state index contributed by atoms with van der Waals surface area (Å²) >= 11 is 0. The van der Waals surface area contributed by atoms with Crippen molar-refractivity contribution in [3.05, 3.63) is 12.7 Å². The molecule has 0 spiro atoms. The fourth-order valence-electron chi connectivity index (χ4n) is 2.54. The normalized spacial score (nSPS) is 25.8. The van der Waals surface area contributed by atoms with Crippen molar-refractivity contribution in [1.29, 1.82) is 0 Å². The van der Waals surface area contributed by atoms with E-state index in [1.165, 1.54) is 0 Å². The number of nitrogens with zero attached hydrogens (tertiary/aromatic N) is 1. The van der Waals surface area contributed by atoms with Gasteiger partial charge in [-0.05, 0) is 26.2 Å². The van der Waals surface area contributed by atoms with Crippen LogP contribution < -0.4 is 5.32 Å². The van der Waals surface area contributed by atoms with E-state index in [1.807, 2.05) is 20.8 Å². The highest BCUT2D eigenvalue weighted by Gasteiger charge is 2.40. The van der Waals surface area contributed by atoms with Gasteiger partial charge in [0.1, 0.15) is 12.1 Å². The number of hydrogen-bond donors (Lipinski definition) is 1. The minimum Gasteiger partial charge on any atom is -0.343 e. The van der Waals surface area contributed by atoms with Crippen LogP contribution in [0.5, 0.6) is 0 Å². The Hall–Kier alpha value is -1.32. The Bertz CT molecular complexity index is 328. The molecule has 4 heteroatoms. The SMILES string of the molecule is C=CCC(C)N1C(=O)C(CCC)NC(=O)C1CC. The van der Waals surface area contributed by atoms with Gasteiger partial charge in [-0.15, -0.1) is 6.58 Å². The predicted molar refractivity (Wildman–Crippen MR) is 72.0 cm³/mol. The molecule has 1 N–H and O–H groups in total. The van der Waals surface area contributed by atoms with Gasteiger partial charge in [0.2, 0.25) is 11.8 Å². The number of carbonyl (C=O) groups excluding carboxylic acids is 2. The molecule has 3 atom stereocenters. The number of piperazine rings is 1. The Morgan fingerprint density at radius 2 is 2.11 bits per heavy atom. The molecule has 0 aliphatic carbocycles. The van der Waals surface area contributed by atoms with Crippen molar-refractivity contribution >= 4 is 11.8 Å². The van der Waals surface area contributed by atoms with Crippen LogP contribution in [0, 0.1) is 0 Å². The van der Waals surface area contributed by atoms with Crippen molar-refractivity contribution in [1.82, 2.24) is 10.2 Å². The fourth-order valence-corrected chi connectivity index (χ4v) is 2.54. The summed E-state index contributed by atoms with van der Waals surface area (Å²) in [6.07, 6.45) is 4.76. The van der Waals surface area contributed by atoms with Crippen LogP contribution in [0.3, 0.4) is 0 Å². The molecule has 1 aliphatic heterocycles. The lowest BCUT2D eigenvalue weighted by atomic mass is 9.99. The Labute approximate surface area is 109 Å². The molecule has 1 aliphatic rings. The largest absolute Gasteiger partial charge is 0.343 e. The maximum absolute atomic E-state index is 12.4. The van der Waals surface area contributed by atoms with Crippen LogP contribution in [0.2, 0.25) is 0 Å². The maximum atomic E-state index is 12.4. The zero-order valence-electron chi connectivity index (χ0n) is 11.6. The Balaban J connectivity index is 2.93. The molecule has 0 aromatic heterocycles. The molecular weight excluding hydrogens is 228 g/mol. The van der Waals surface area contributed by atoms with Gasteiger partial charge in [0.25, 0.3) is 0 Å². The third kappa shape index (κ3) is 2.92. The molecule has 1 heterocycles. The first-order chi connectivity index (χ1) is 8.56. The molecule has 2 amide bonds. The van der Waals surface area contributed by atoms with Gasteiger partial charge < -0.3 is 10.2 Å². The molecule has 0 saturated carbocycles. The van der Waals surface area contributed by atoms with Crippen LogP contribution in [0.1, 0.15) is 46.5 Å². The Morgan fingerprint density at radius 3 is 2.61 bits per heavy atom. The molecule has 1 fully saturated rings. The van der Waals surface area contributed by atoms with Crippen molar-refractivity contribution in [2.24, 2.45) is 0 Å². The quantitative estimate of drug-likeness (QED) is 0.733. The molecule has 4 nitrogen and oxygen atoms in total. The summed E-state index contributed by atoms with van der Waals surface area (Å²) in [4.78, 5) is 26.2. The van der Waals surface area contributed by atoms with Crippen LogP contribution in [0.15, 0.2) is 12.7 Å². The molecule has 0 aromatic carbocycles. The summed E-state index contributed by atoms with van der Waals surface area (Å²) in [6.45, 7) is 9.64. The average molecular weight is 252 g/mol. The van der Waals surface area contributed by atoms with Crippen molar-refractivity contribution in [3.63, 3.8) is 0 Å². The second-order valence-corrected chi connectivity index (χ2v) is 4.89. The molecule has 3 unspecified atom stereocenters. The van der Waals surface area contributed by atoms with Crippen molar-refractivity contribution in [2.45, 2.75) is 64.6 Å². The van der Waals surface area contributed by atoms with Gasteiger partial charge >= 0.3 is 0 Å². The van der Waals surface area contributed by atoms with E-state index in [-0.39, 0.29) is 29.9 Å². The van der Waals surface area contributed by atoms with Crippen molar-refractivity contribution in [2.75, 3.05) is 0 Å². The highest BCUT2D eigenvalue weighted by atomic mass is 16.2. The van der Waals surface area contributed by atoms with E-state index in [0.717, 1.165) is 6.42 Å². The average Bonchev–Trinajstić information content (AvgIpc) is 2.33. The monoisotopic (exact) mass is 252 g/mol. The third-order valence-corrected chi connectivity index (χ3v) is 3.45. The van der Waals surface area contributed by atoms with Gasteiger partial charge in [-0.3, -0.25) is 9.59 Å². The molecule has 18 heavy (non-hydrogen) atoms. The lowest BCUT2D eigenvalue weighted by molar-refractivity contribution is -0.152. The standard InChI is InChI=1S/C14H24N2O2/c1-5-8-10(4)16-12(7-3)13(17)15-11(9-6-2)14(16)18/h5,10-12H,1,6-9H2,2-4H3,(H,15,17). The zero-order chi connectivity index (χ0) is 13.7. The summed E-state index contributed by atoms with van der Waals surface area (Å²) in [5.41, 5.74) is 0. The predicted octanol–water partition coefficient (Wildman–Crippen LogP) is 1.86. The van der Waals surface area contributed by atoms with E-state index < -0.39 is 0 Å². The van der Waals surface area contributed by atoms with Crippen LogP contribution in [0.25, 0.3) is 0 Å². The Kier molecular flexibility index (Phi) is 5.38. The van der Waals surface area contributed by atoms with Gasteiger partial charge in [-0.2, -0.15) is 0 Å². The molecule has 0 bridgehead atoms. The maximum Gasteiger partial charge on any atom is 0.246 e. The molecule has 102 valence electrons. The first kappa shape index (κ1) is 14.7. The van der Waals surface area contributed by atoms with Crippen molar-refractivity contribution < 1.29 is 9.59 Å².